The molecule has 0 bridgehead atoms. The van der Waals surface area contributed by atoms with Gasteiger partial charge in [0.25, 0.3) is 0 Å². The average Bonchev–Trinajstić information content (AvgIpc) is 3.13. The minimum absolute atomic E-state index is 0.197. The lowest BCUT2D eigenvalue weighted by atomic mass is 10.0. The molecule has 0 saturated heterocycles. The topological polar surface area (TPSA) is 30.7 Å². The minimum atomic E-state index is -0.244. The Labute approximate surface area is 171 Å². The number of pyridine rings is 1. The van der Waals surface area contributed by atoms with Crippen molar-refractivity contribution in [3.8, 4) is 0 Å². The van der Waals surface area contributed by atoms with Gasteiger partial charge in [0.15, 0.2) is 0 Å². The highest BCUT2D eigenvalue weighted by Gasteiger charge is 2.27. The van der Waals surface area contributed by atoms with Crippen LogP contribution in [0.3, 0.4) is 0 Å². The van der Waals surface area contributed by atoms with Crippen LogP contribution in [-0.4, -0.2) is 22.2 Å². The molecule has 0 unspecified atom stereocenters. The lowest BCUT2D eigenvalue weighted by Crippen LogP contribution is -2.12. The first-order valence-electron chi connectivity index (χ1n) is 10.3. The highest BCUT2D eigenvalue weighted by atomic mass is 32.2. The van der Waals surface area contributed by atoms with Gasteiger partial charge in [-0.25, -0.2) is 4.79 Å². The van der Waals surface area contributed by atoms with Crippen LogP contribution >= 0.6 is 11.8 Å². The molecule has 3 aromatic rings. The summed E-state index contributed by atoms with van der Waals surface area (Å²) in [6.07, 6.45) is 8.62. The van der Waals surface area contributed by atoms with Crippen LogP contribution in [0.25, 0.3) is 5.52 Å². The van der Waals surface area contributed by atoms with E-state index in [0.29, 0.717) is 17.4 Å². The SMILES string of the molecule is CCOC(=O)c1cc([C@@H](SC2CCCCC2)c2ccccc2)n2ccccc12. The van der Waals surface area contributed by atoms with E-state index < -0.39 is 0 Å². The number of carbonyl (C=O) groups excluding carboxylic acids is 1. The van der Waals surface area contributed by atoms with Crippen molar-refractivity contribution in [3.63, 3.8) is 0 Å². The van der Waals surface area contributed by atoms with Gasteiger partial charge in [-0.3, -0.25) is 0 Å². The number of benzene rings is 1. The van der Waals surface area contributed by atoms with Crippen molar-refractivity contribution in [1.82, 2.24) is 4.40 Å². The lowest BCUT2D eigenvalue weighted by molar-refractivity contribution is 0.0529. The second-order valence-corrected chi connectivity index (χ2v) is 8.76. The molecular weight excluding hydrogens is 366 g/mol. The Balaban J connectivity index is 1.79. The second kappa shape index (κ2) is 8.87. The van der Waals surface area contributed by atoms with Gasteiger partial charge in [-0.2, -0.15) is 0 Å². The molecule has 1 aromatic carbocycles. The third-order valence-corrected chi connectivity index (χ3v) is 7.10. The standard InChI is InChI=1S/C24H27NO2S/c1-2-27-24(26)20-17-22(25-16-10-9-15-21(20)25)23(18-11-5-3-6-12-18)28-19-13-7-4-8-14-19/h3,5-6,9-12,15-17,19,23H,2,4,7-8,13-14H2,1H3/t23-/m0/s1. The van der Waals surface area contributed by atoms with Gasteiger partial charge < -0.3 is 9.14 Å². The van der Waals surface area contributed by atoms with Crippen molar-refractivity contribution in [1.29, 1.82) is 0 Å². The zero-order valence-electron chi connectivity index (χ0n) is 16.3. The van der Waals surface area contributed by atoms with E-state index in [1.807, 2.05) is 31.2 Å². The molecule has 1 atom stereocenters. The summed E-state index contributed by atoms with van der Waals surface area (Å²) in [5.41, 5.74) is 4.01. The van der Waals surface area contributed by atoms with E-state index in [4.69, 9.17) is 4.74 Å². The van der Waals surface area contributed by atoms with E-state index in [0.717, 1.165) is 11.2 Å². The van der Waals surface area contributed by atoms with E-state index in [9.17, 15) is 4.79 Å². The molecule has 1 aliphatic rings. The van der Waals surface area contributed by atoms with Crippen LogP contribution in [0, 0.1) is 0 Å². The first-order valence-corrected chi connectivity index (χ1v) is 11.2. The normalized spacial score (nSPS) is 16.2. The lowest BCUT2D eigenvalue weighted by Gasteiger charge is -2.26. The molecule has 28 heavy (non-hydrogen) atoms. The largest absolute Gasteiger partial charge is 0.462 e. The molecule has 2 aromatic heterocycles. The Hall–Kier alpha value is -2.20. The molecule has 4 heteroatoms. The predicted molar refractivity (Wildman–Crippen MR) is 116 cm³/mol. The summed E-state index contributed by atoms with van der Waals surface area (Å²) in [6.45, 7) is 2.24. The van der Waals surface area contributed by atoms with Crippen LogP contribution in [0.15, 0.2) is 60.8 Å². The molecule has 1 aliphatic carbocycles. The van der Waals surface area contributed by atoms with Gasteiger partial charge in [-0.05, 0) is 43.5 Å². The van der Waals surface area contributed by atoms with Gasteiger partial charge in [0.05, 0.1) is 22.9 Å². The first kappa shape index (κ1) is 19.1. The summed E-state index contributed by atoms with van der Waals surface area (Å²) in [4.78, 5) is 12.6. The van der Waals surface area contributed by atoms with Gasteiger partial charge in [0, 0.05) is 17.1 Å². The van der Waals surface area contributed by atoms with E-state index in [-0.39, 0.29) is 11.2 Å². The number of hydrogen-bond acceptors (Lipinski definition) is 3. The average molecular weight is 394 g/mol. The zero-order valence-corrected chi connectivity index (χ0v) is 17.2. The number of carbonyl (C=O) groups is 1. The van der Waals surface area contributed by atoms with E-state index in [1.165, 1.54) is 37.7 Å². The van der Waals surface area contributed by atoms with E-state index in [1.54, 1.807) is 0 Å². The molecule has 0 radical (unpaired) electrons. The molecular formula is C24H27NO2S. The Morgan fingerprint density at radius 2 is 1.86 bits per heavy atom. The predicted octanol–water partition coefficient (Wildman–Crippen LogP) is 6.27. The molecule has 4 rings (SSSR count). The smallest absolute Gasteiger partial charge is 0.340 e. The van der Waals surface area contributed by atoms with Crippen molar-refractivity contribution in [2.24, 2.45) is 0 Å². The Morgan fingerprint density at radius 1 is 1.11 bits per heavy atom. The number of hydrogen-bond donors (Lipinski definition) is 0. The van der Waals surface area contributed by atoms with Crippen LogP contribution in [0.1, 0.15) is 65.9 Å². The molecule has 1 fully saturated rings. The maximum Gasteiger partial charge on any atom is 0.340 e. The summed E-state index contributed by atoms with van der Waals surface area (Å²) < 4.78 is 7.49. The number of rotatable bonds is 6. The van der Waals surface area contributed by atoms with Crippen molar-refractivity contribution in [2.45, 2.75) is 49.5 Å². The molecule has 0 spiro atoms. The summed E-state index contributed by atoms with van der Waals surface area (Å²) in [5.74, 6) is -0.244. The molecule has 0 aliphatic heterocycles. The number of nitrogens with zero attached hydrogens (tertiary/aromatic N) is 1. The minimum Gasteiger partial charge on any atom is -0.462 e. The fraction of sp³-hybridized carbons (Fsp3) is 0.375. The van der Waals surface area contributed by atoms with Crippen LogP contribution in [0.5, 0.6) is 0 Å². The van der Waals surface area contributed by atoms with Crippen LogP contribution in [0.2, 0.25) is 0 Å². The van der Waals surface area contributed by atoms with Crippen LogP contribution < -0.4 is 0 Å². The second-order valence-electron chi connectivity index (χ2n) is 7.35. The third kappa shape index (κ3) is 3.97. The van der Waals surface area contributed by atoms with E-state index in [2.05, 4.69) is 52.7 Å². The first-order chi connectivity index (χ1) is 13.8. The van der Waals surface area contributed by atoms with Crippen LogP contribution in [0.4, 0.5) is 0 Å². The number of aromatic nitrogens is 1. The Kier molecular flexibility index (Phi) is 6.06. The quantitative estimate of drug-likeness (QED) is 0.462. The molecule has 2 heterocycles. The molecule has 1 saturated carbocycles. The van der Waals surface area contributed by atoms with E-state index >= 15 is 0 Å². The summed E-state index contributed by atoms with van der Waals surface area (Å²) in [5, 5.41) is 0.863. The van der Waals surface area contributed by atoms with Crippen molar-refractivity contribution < 1.29 is 9.53 Å². The summed E-state index contributed by atoms with van der Waals surface area (Å²) in [6, 6.07) is 18.7. The van der Waals surface area contributed by atoms with Crippen LogP contribution in [-0.2, 0) is 4.74 Å². The molecule has 146 valence electrons. The molecule has 0 amide bonds. The fourth-order valence-corrected chi connectivity index (χ4v) is 5.72. The highest BCUT2D eigenvalue weighted by molar-refractivity contribution is 8.00. The zero-order chi connectivity index (χ0) is 19.3. The monoisotopic (exact) mass is 393 g/mol. The van der Waals surface area contributed by atoms with Crippen molar-refractivity contribution in [2.75, 3.05) is 6.61 Å². The van der Waals surface area contributed by atoms with Gasteiger partial charge in [-0.1, -0.05) is 55.7 Å². The maximum atomic E-state index is 12.6. The number of esters is 1. The van der Waals surface area contributed by atoms with Gasteiger partial charge in [-0.15, -0.1) is 11.8 Å². The summed E-state index contributed by atoms with van der Waals surface area (Å²) in [7, 11) is 0. The molecule has 0 N–H and O–H groups in total. The van der Waals surface area contributed by atoms with Crippen molar-refractivity contribution >= 4 is 23.2 Å². The molecule has 3 nitrogen and oxygen atoms in total. The number of fused-ring (bicyclic) bond motifs is 1. The van der Waals surface area contributed by atoms with Gasteiger partial charge in [0.1, 0.15) is 0 Å². The number of thioether (sulfide) groups is 1. The third-order valence-electron chi connectivity index (χ3n) is 5.45. The number of ether oxygens (including phenoxy) is 1. The summed E-state index contributed by atoms with van der Waals surface area (Å²) >= 11 is 2.05. The Morgan fingerprint density at radius 3 is 2.61 bits per heavy atom. The van der Waals surface area contributed by atoms with Gasteiger partial charge >= 0.3 is 5.97 Å². The highest BCUT2D eigenvalue weighted by Crippen LogP contribution is 2.43. The van der Waals surface area contributed by atoms with Crippen molar-refractivity contribution in [3.05, 3.63) is 77.6 Å². The van der Waals surface area contributed by atoms with Gasteiger partial charge in [0.2, 0.25) is 0 Å². The fourth-order valence-electron chi connectivity index (χ4n) is 4.09. The Bertz CT molecular complexity index is 928. The maximum absolute atomic E-state index is 12.6.